The van der Waals surface area contributed by atoms with Crippen molar-refractivity contribution in [1.82, 2.24) is 15.1 Å². The number of phenolic OH excluding ortho intramolecular Hbond substituents is 1. The van der Waals surface area contributed by atoms with Gasteiger partial charge in [0, 0.05) is 33.6 Å². The smallest absolute Gasteiger partial charge is 0.306 e. The van der Waals surface area contributed by atoms with E-state index in [-0.39, 0.29) is 22.7 Å². The fraction of sp³-hybridized carbons (Fsp3) is 0.261. The summed E-state index contributed by atoms with van der Waals surface area (Å²) < 4.78 is 10.5. The Morgan fingerprint density at radius 3 is 2.94 bits per heavy atom. The molecule has 2 aromatic heterocycles. The molecular weight excluding hydrogens is 418 g/mol. The maximum Gasteiger partial charge on any atom is 0.306 e. The number of benzene rings is 2. The normalized spacial score (nSPS) is 15.4. The number of carbonyl (C=O) groups is 1. The quantitative estimate of drug-likeness (QED) is 0.415. The molecule has 31 heavy (non-hydrogen) atoms. The van der Waals surface area contributed by atoms with Crippen molar-refractivity contribution in [1.29, 1.82) is 0 Å². The molecule has 158 valence electrons. The third-order valence-electron chi connectivity index (χ3n) is 5.69. The van der Waals surface area contributed by atoms with Crippen molar-refractivity contribution in [2.45, 2.75) is 32.1 Å². The molecule has 0 saturated carbocycles. The second-order valence-electron chi connectivity index (χ2n) is 7.61. The van der Waals surface area contributed by atoms with Gasteiger partial charge in [-0.1, -0.05) is 16.8 Å². The van der Waals surface area contributed by atoms with Crippen LogP contribution in [-0.2, 0) is 16.0 Å². The summed E-state index contributed by atoms with van der Waals surface area (Å²) in [5.41, 5.74) is 4.85. The Morgan fingerprint density at radius 2 is 2.13 bits per heavy atom. The first-order chi connectivity index (χ1) is 15.0. The standard InChI is InChI=1S/C23H20ClN3O4/c1-2-30-20(29)11-12-3-6-15-16-9-13(4-7-18(16)25-21(12)15)22-26-23(31-27-22)14-5-8-19(28)17(24)10-14/h4-5,7-10,12,25,28H,2-3,6,11H2,1H3. The summed E-state index contributed by atoms with van der Waals surface area (Å²) in [5.74, 6) is 0.787. The predicted octanol–water partition coefficient (Wildman–Crippen LogP) is 5.23. The van der Waals surface area contributed by atoms with Gasteiger partial charge in [0.05, 0.1) is 18.1 Å². The Kier molecular flexibility index (Phi) is 4.90. The summed E-state index contributed by atoms with van der Waals surface area (Å²) in [7, 11) is 0. The number of nitrogens with zero attached hydrogens (tertiary/aromatic N) is 2. The molecule has 5 rings (SSSR count). The van der Waals surface area contributed by atoms with Crippen molar-refractivity contribution in [3.63, 3.8) is 0 Å². The zero-order chi connectivity index (χ0) is 21.5. The van der Waals surface area contributed by atoms with Crippen molar-refractivity contribution in [3.05, 3.63) is 52.7 Å². The minimum atomic E-state index is -0.159. The molecule has 2 N–H and O–H groups in total. The fourth-order valence-electron chi connectivity index (χ4n) is 4.21. The van der Waals surface area contributed by atoms with Gasteiger partial charge in [-0.05, 0) is 61.7 Å². The lowest BCUT2D eigenvalue weighted by atomic mass is 10.0. The molecule has 0 aliphatic heterocycles. The second kappa shape index (κ2) is 7.74. The third kappa shape index (κ3) is 3.55. The van der Waals surface area contributed by atoms with Crippen LogP contribution in [0, 0.1) is 0 Å². The molecular formula is C23H20ClN3O4. The summed E-state index contributed by atoms with van der Waals surface area (Å²) in [4.78, 5) is 19.9. The number of hydrogen-bond acceptors (Lipinski definition) is 6. The molecule has 0 radical (unpaired) electrons. The second-order valence-corrected chi connectivity index (χ2v) is 8.02. The molecule has 1 unspecified atom stereocenters. The van der Waals surface area contributed by atoms with Gasteiger partial charge >= 0.3 is 5.97 Å². The lowest BCUT2D eigenvalue weighted by molar-refractivity contribution is -0.143. The van der Waals surface area contributed by atoms with Crippen LogP contribution in [0.4, 0.5) is 0 Å². The zero-order valence-electron chi connectivity index (χ0n) is 16.8. The van der Waals surface area contributed by atoms with Crippen LogP contribution in [0.5, 0.6) is 5.75 Å². The lowest BCUT2D eigenvalue weighted by Gasteiger charge is -2.08. The largest absolute Gasteiger partial charge is 0.506 e. The highest BCUT2D eigenvalue weighted by atomic mass is 35.5. The Bertz CT molecular complexity index is 1290. The van der Waals surface area contributed by atoms with E-state index in [0.717, 1.165) is 35.0 Å². The van der Waals surface area contributed by atoms with Gasteiger partial charge in [-0.3, -0.25) is 4.79 Å². The molecule has 7 nitrogen and oxygen atoms in total. The van der Waals surface area contributed by atoms with Crippen molar-refractivity contribution < 1.29 is 19.2 Å². The van der Waals surface area contributed by atoms with Gasteiger partial charge in [0.1, 0.15) is 5.75 Å². The number of aromatic amines is 1. The molecule has 0 amide bonds. The number of phenols is 1. The van der Waals surface area contributed by atoms with E-state index in [1.807, 2.05) is 19.1 Å². The molecule has 0 saturated heterocycles. The number of hydrogen-bond donors (Lipinski definition) is 2. The van der Waals surface area contributed by atoms with Gasteiger partial charge in [0.25, 0.3) is 5.89 Å². The molecule has 0 spiro atoms. The number of esters is 1. The van der Waals surface area contributed by atoms with Crippen LogP contribution in [0.3, 0.4) is 0 Å². The minimum absolute atomic E-state index is 0.00168. The molecule has 4 aromatic rings. The zero-order valence-corrected chi connectivity index (χ0v) is 17.6. The van der Waals surface area contributed by atoms with Crippen LogP contribution < -0.4 is 0 Å². The maximum absolute atomic E-state index is 11.9. The Morgan fingerprint density at radius 1 is 1.29 bits per heavy atom. The van der Waals surface area contributed by atoms with Gasteiger partial charge in [0.15, 0.2) is 0 Å². The van der Waals surface area contributed by atoms with Gasteiger partial charge < -0.3 is 19.4 Å². The van der Waals surface area contributed by atoms with E-state index in [4.69, 9.17) is 20.9 Å². The van der Waals surface area contributed by atoms with Gasteiger partial charge in [0.2, 0.25) is 5.82 Å². The molecule has 1 atom stereocenters. The summed E-state index contributed by atoms with van der Waals surface area (Å²) in [6.45, 7) is 2.22. The van der Waals surface area contributed by atoms with E-state index < -0.39 is 0 Å². The summed E-state index contributed by atoms with van der Waals surface area (Å²) in [5, 5.41) is 15.0. The first kappa shape index (κ1) is 19.6. The highest BCUT2D eigenvalue weighted by Gasteiger charge is 2.29. The molecule has 1 aliphatic carbocycles. The number of rotatable bonds is 5. The lowest BCUT2D eigenvalue weighted by Crippen LogP contribution is -2.08. The summed E-state index contributed by atoms with van der Waals surface area (Å²) >= 11 is 5.98. The van der Waals surface area contributed by atoms with Gasteiger partial charge in [-0.25, -0.2) is 0 Å². The van der Waals surface area contributed by atoms with Gasteiger partial charge in [-0.15, -0.1) is 0 Å². The predicted molar refractivity (Wildman–Crippen MR) is 116 cm³/mol. The van der Waals surface area contributed by atoms with E-state index in [2.05, 4.69) is 21.2 Å². The number of aromatic nitrogens is 3. The first-order valence-corrected chi connectivity index (χ1v) is 10.5. The van der Waals surface area contributed by atoms with Crippen molar-refractivity contribution in [3.8, 4) is 28.6 Å². The minimum Gasteiger partial charge on any atom is -0.506 e. The Hall–Kier alpha value is -3.32. The number of aromatic hydroxyl groups is 1. The molecule has 1 aliphatic rings. The summed E-state index contributed by atoms with van der Waals surface area (Å²) in [6, 6.07) is 10.7. The van der Waals surface area contributed by atoms with Crippen LogP contribution in [0.15, 0.2) is 40.9 Å². The highest BCUT2D eigenvalue weighted by molar-refractivity contribution is 6.32. The summed E-state index contributed by atoms with van der Waals surface area (Å²) in [6.07, 6.45) is 2.23. The molecule has 2 heterocycles. The third-order valence-corrected chi connectivity index (χ3v) is 5.99. The van der Waals surface area contributed by atoms with E-state index in [1.165, 1.54) is 11.6 Å². The van der Waals surface area contributed by atoms with E-state index >= 15 is 0 Å². The van der Waals surface area contributed by atoms with Crippen molar-refractivity contribution in [2.24, 2.45) is 0 Å². The van der Waals surface area contributed by atoms with Crippen LogP contribution in [-0.4, -0.2) is 32.8 Å². The van der Waals surface area contributed by atoms with Crippen LogP contribution in [0.2, 0.25) is 5.02 Å². The van der Waals surface area contributed by atoms with Crippen LogP contribution >= 0.6 is 11.6 Å². The number of carbonyl (C=O) groups excluding carboxylic acids is 1. The van der Waals surface area contributed by atoms with E-state index in [0.29, 0.717) is 30.3 Å². The Labute approximate surface area is 183 Å². The number of fused-ring (bicyclic) bond motifs is 3. The van der Waals surface area contributed by atoms with Crippen molar-refractivity contribution >= 4 is 28.5 Å². The van der Waals surface area contributed by atoms with Gasteiger partial charge in [-0.2, -0.15) is 4.98 Å². The fourth-order valence-corrected chi connectivity index (χ4v) is 4.39. The van der Waals surface area contributed by atoms with Crippen molar-refractivity contribution in [2.75, 3.05) is 6.61 Å². The van der Waals surface area contributed by atoms with Crippen LogP contribution in [0.1, 0.15) is 36.9 Å². The SMILES string of the molecule is CCOC(=O)CC1CCc2c1[nH]c1ccc(-c3noc(-c4ccc(O)c(Cl)c4)n3)cc21. The number of ether oxygens (including phenoxy) is 1. The van der Waals surface area contributed by atoms with Crippen LogP contribution in [0.25, 0.3) is 33.7 Å². The Balaban J connectivity index is 1.45. The molecule has 0 bridgehead atoms. The molecule has 0 fully saturated rings. The first-order valence-electron chi connectivity index (χ1n) is 10.2. The molecule has 2 aromatic carbocycles. The average Bonchev–Trinajstić information content (AvgIpc) is 3.46. The highest BCUT2D eigenvalue weighted by Crippen LogP contribution is 2.40. The number of halogens is 1. The molecule has 8 heteroatoms. The average molecular weight is 438 g/mol. The number of H-pyrrole nitrogens is 1. The van der Waals surface area contributed by atoms with E-state index in [9.17, 15) is 9.90 Å². The number of aryl methyl sites for hydroxylation is 1. The topological polar surface area (TPSA) is 101 Å². The van der Waals surface area contributed by atoms with E-state index in [1.54, 1.807) is 12.1 Å². The monoisotopic (exact) mass is 437 g/mol. The maximum atomic E-state index is 11.9. The number of nitrogens with one attached hydrogen (secondary N) is 1.